The number of carbonyl (C=O) groups is 5. The van der Waals surface area contributed by atoms with Gasteiger partial charge in [0, 0.05) is 25.9 Å². The van der Waals surface area contributed by atoms with Gasteiger partial charge in [-0.05, 0) is 36.8 Å². The highest BCUT2D eigenvalue weighted by atomic mass is 16.5. The molecule has 1 aromatic rings. The molecule has 1 heterocycles. The van der Waals surface area contributed by atoms with Gasteiger partial charge in [0.1, 0.15) is 6.04 Å². The average Bonchev–Trinajstić information content (AvgIpc) is 2.85. The maximum Gasteiger partial charge on any atom is 0.338 e. The maximum atomic E-state index is 13.1. The quantitative estimate of drug-likeness (QED) is 0.370. The summed E-state index contributed by atoms with van der Waals surface area (Å²) in [5.74, 6) is -1.98. The molecule has 0 bridgehead atoms. The fraction of sp³-hybridized carbons (Fsp3) is 0.577. The SMILES string of the molecule is CC(C)CC(=O)NCCC(=O)N1NCCCC1C(=O)NC(C(=O)COC(=O)c1ccccc1)C(C)C. The Morgan fingerprint density at radius 3 is 2.42 bits per heavy atom. The predicted molar refractivity (Wildman–Crippen MR) is 133 cm³/mol. The van der Waals surface area contributed by atoms with Gasteiger partial charge in [-0.3, -0.25) is 24.2 Å². The highest BCUT2D eigenvalue weighted by Crippen LogP contribution is 2.14. The summed E-state index contributed by atoms with van der Waals surface area (Å²) < 4.78 is 5.14. The largest absolute Gasteiger partial charge is 0.454 e. The van der Waals surface area contributed by atoms with Gasteiger partial charge in [-0.1, -0.05) is 45.9 Å². The van der Waals surface area contributed by atoms with Crippen LogP contribution in [0.1, 0.15) is 63.7 Å². The second kappa shape index (κ2) is 14.3. The van der Waals surface area contributed by atoms with E-state index in [1.165, 1.54) is 5.01 Å². The number of hydrogen-bond acceptors (Lipinski definition) is 7. The van der Waals surface area contributed by atoms with E-state index in [-0.39, 0.29) is 36.6 Å². The summed E-state index contributed by atoms with van der Waals surface area (Å²) in [4.78, 5) is 62.7. The molecule has 0 radical (unpaired) electrons. The van der Waals surface area contributed by atoms with Crippen LogP contribution >= 0.6 is 0 Å². The van der Waals surface area contributed by atoms with E-state index >= 15 is 0 Å². The van der Waals surface area contributed by atoms with Crippen molar-refractivity contribution in [2.75, 3.05) is 19.7 Å². The molecule has 2 unspecified atom stereocenters. The van der Waals surface area contributed by atoms with E-state index in [0.717, 1.165) is 0 Å². The normalized spacial score (nSPS) is 16.4. The smallest absolute Gasteiger partial charge is 0.338 e. The monoisotopic (exact) mass is 502 g/mol. The van der Waals surface area contributed by atoms with Crippen LogP contribution in [-0.2, 0) is 23.9 Å². The van der Waals surface area contributed by atoms with Crippen LogP contribution in [0.5, 0.6) is 0 Å². The van der Waals surface area contributed by atoms with Gasteiger partial charge in [0.15, 0.2) is 12.4 Å². The van der Waals surface area contributed by atoms with Crippen LogP contribution in [0.25, 0.3) is 0 Å². The number of rotatable bonds is 12. The van der Waals surface area contributed by atoms with Crippen molar-refractivity contribution in [2.24, 2.45) is 11.8 Å². The molecule has 3 amide bonds. The van der Waals surface area contributed by atoms with Gasteiger partial charge in [0.25, 0.3) is 0 Å². The van der Waals surface area contributed by atoms with Crippen LogP contribution in [-0.4, -0.2) is 66.3 Å². The van der Waals surface area contributed by atoms with E-state index in [2.05, 4.69) is 16.1 Å². The lowest BCUT2D eigenvalue weighted by Gasteiger charge is -2.36. The van der Waals surface area contributed by atoms with Crippen LogP contribution in [0, 0.1) is 11.8 Å². The summed E-state index contributed by atoms with van der Waals surface area (Å²) in [7, 11) is 0. The summed E-state index contributed by atoms with van der Waals surface area (Å²) in [5, 5.41) is 6.77. The zero-order valence-corrected chi connectivity index (χ0v) is 21.5. The molecule has 10 heteroatoms. The third-order valence-corrected chi connectivity index (χ3v) is 5.74. The first-order valence-corrected chi connectivity index (χ1v) is 12.5. The maximum absolute atomic E-state index is 13.1. The first-order valence-electron chi connectivity index (χ1n) is 12.5. The number of hydrogen-bond donors (Lipinski definition) is 3. The zero-order valence-electron chi connectivity index (χ0n) is 21.5. The zero-order chi connectivity index (χ0) is 26.7. The van der Waals surface area contributed by atoms with Crippen molar-refractivity contribution < 1.29 is 28.7 Å². The van der Waals surface area contributed by atoms with Crippen molar-refractivity contribution >= 4 is 29.5 Å². The molecule has 2 rings (SSSR count). The van der Waals surface area contributed by atoms with Crippen LogP contribution in [0.15, 0.2) is 30.3 Å². The first-order chi connectivity index (χ1) is 17.1. The third-order valence-electron chi connectivity index (χ3n) is 5.74. The van der Waals surface area contributed by atoms with Crippen molar-refractivity contribution in [2.45, 2.75) is 65.5 Å². The molecule has 36 heavy (non-hydrogen) atoms. The van der Waals surface area contributed by atoms with Crippen LogP contribution in [0.3, 0.4) is 0 Å². The third kappa shape index (κ3) is 9.07. The van der Waals surface area contributed by atoms with Gasteiger partial charge < -0.3 is 15.4 Å². The standard InChI is InChI=1S/C26H38N4O6/c1-17(2)15-22(32)27-14-12-23(33)30-20(11-8-13-28-30)25(34)29-24(18(3)4)21(31)16-36-26(35)19-9-6-5-7-10-19/h5-7,9-10,17-18,20,24,28H,8,11-16H2,1-4H3,(H,27,32)(H,29,34). The van der Waals surface area contributed by atoms with Crippen molar-refractivity contribution in [3.8, 4) is 0 Å². The fourth-order valence-electron chi connectivity index (χ4n) is 3.87. The number of hydrazine groups is 1. The van der Waals surface area contributed by atoms with Gasteiger partial charge in [0.2, 0.25) is 17.7 Å². The molecule has 10 nitrogen and oxygen atoms in total. The van der Waals surface area contributed by atoms with Gasteiger partial charge in [-0.2, -0.15) is 0 Å². The van der Waals surface area contributed by atoms with E-state index in [0.29, 0.717) is 31.4 Å². The van der Waals surface area contributed by atoms with Gasteiger partial charge in [-0.15, -0.1) is 0 Å². The summed E-state index contributed by atoms with van der Waals surface area (Å²) in [6.07, 6.45) is 1.54. The lowest BCUT2D eigenvalue weighted by atomic mass is 9.98. The van der Waals surface area contributed by atoms with Gasteiger partial charge in [0.05, 0.1) is 11.6 Å². The van der Waals surface area contributed by atoms with Crippen molar-refractivity contribution in [1.29, 1.82) is 0 Å². The number of amides is 3. The Bertz CT molecular complexity index is 918. The molecule has 1 aliphatic rings. The molecule has 2 atom stereocenters. The second-order valence-corrected chi connectivity index (χ2v) is 9.67. The Morgan fingerprint density at radius 1 is 1.08 bits per heavy atom. The summed E-state index contributed by atoms with van der Waals surface area (Å²) in [6, 6.07) is 6.66. The van der Waals surface area contributed by atoms with E-state index in [1.54, 1.807) is 44.2 Å². The first kappa shape index (κ1) is 29.0. The molecule has 1 fully saturated rings. The highest BCUT2D eigenvalue weighted by molar-refractivity contribution is 5.95. The molecule has 1 aliphatic heterocycles. The lowest BCUT2D eigenvalue weighted by Crippen LogP contribution is -2.61. The molecule has 1 saturated heterocycles. The van der Waals surface area contributed by atoms with Crippen LogP contribution in [0.4, 0.5) is 0 Å². The topological polar surface area (TPSA) is 134 Å². The van der Waals surface area contributed by atoms with E-state index < -0.39 is 36.4 Å². The molecule has 1 aromatic carbocycles. The van der Waals surface area contributed by atoms with Crippen molar-refractivity contribution in [1.82, 2.24) is 21.1 Å². The number of ether oxygens (including phenoxy) is 1. The minimum atomic E-state index is -0.879. The summed E-state index contributed by atoms with van der Waals surface area (Å²) in [6.45, 7) is 7.68. The second-order valence-electron chi connectivity index (χ2n) is 9.67. The Balaban J connectivity index is 1.94. The molecular formula is C26H38N4O6. The number of esters is 1. The van der Waals surface area contributed by atoms with Crippen molar-refractivity contribution in [3.63, 3.8) is 0 Å². The lowest BCUT2D eigenvalue weighted by molar-refractivity contribution is -0.147. The Morgan fingerprint density at radius 2 is 1.78 bits per heavy atom. The molecular weight excluding hydrogens is 464 g/mol. The molecule has 0 saturated carbocycles. The van der Waals surface area contributed by atoms with Crippen LogP contribution in [0.2, 0.25) is 0 Å². The van der Waals surface area contributed by atoms with E-state index in [9.17, 15) is 24.0 Å². The fourth-order valence-corrected chi connectivity index (χ4v) is 3.87. The summed E-state index contributed by atoms with van der Waals surface area (Å²) in [5.41, 5.74) is 3.30. The van der Waals surface area contributed by atoms with Gasteiger partial charge in [-0.25, -0.2) is 10.2 Å². The molecule has 0 aromatic heterocycles. The van der Waals surface area contributed by atoms with Crippen molar-refractivity contribution in [3.05, 3.63) is 35.9 Å². The number of nitrogens with one attached hydrogen (secondary N) is 3. The average molecular weight is 503 g/mol. The van der Waals surface area contributed by atoms with Crippen LogP contribution < -0.4 is 16.1 Å². The minimum Gasteiger partial charge on any atom is -0.454 e. The molecule has 3 N–H and O–H groups in total. The highest BCUT2D eigenvalue weighted by Gasteiger charge is 2.35. The minimum absolute atomic E-state index is 0.0442. The Labute approximate surface area is 212 Å². The number of benzene rings is 1. The summed E-state index contributed by atoms with van der Waals surface area (Å²) >= 11 is 0. The van der Waals surface area contributed by atoms with E-state index in [4.69, 9.17) is 4.74 Å². The molecule has 198 valence electrons. The number of nitrogens with zero attached hydrogens (tertiary/aromatic N) is 1. The number of carbonyl (C=O) groups excluding carboxylic acids is 5. The Hall–Kier alpha value is -3.27. The Kier molecular flexibility index (Phi) is 11.5. The van der Waals surface area contributed by atoms with E-state index in [1.807, 2.05) is 13.8 Å². The number of ketones is 1. The predicted octanol–water partition coefficient (Wildman–Crippen LogP) is 1.60. The molecule has 0 spiro atoms. The van der Waals surface area contributed by atoms with Gasteiger partial charge >= 0.3 is 5.97 Å². The molecule has 0 aliphatic carbocycles. The number of Topliss-reactive ketones (excluding diaryl/α,β-unsaturated/α-hetero) is 1.